The molecule has 0 atom stereocenters. The summed E-state index contributed by atoms with van der Waals surface area (Å²) in [5, 5.41) is 4.11. The molecule has 1 aliphatic rings. The number of halogens is 1. The molecule has 3 N–H and O–H groups in total. The molecule has 0 bridgehead atoms. The van der Waals surface area contributed by atoms with Gasteiger partial charge in [0.1, 0.15) is 0 Å². The Labute approximate surface area is 95.8 Å². The summed E-state index contributed by atoms with van der Waals surface area (Å²) in [7, 11) is 0. The van der Waals surface area contributed by atoms with E-state index in [0.717, 1.165) is 18.2 Å². The molecule has 1 aromatic rings. The Morgan fingerprint density at radius 1 is 1.33 bits per heavy atom. The van der Waals surface area contributed by atoms with Gasteiger partial charge in [0.15, 0.2) is 0 Å². The van der Waals surface area contributed by atoms with Gasteiger partial charge >= 0.3 is 0 Å². The number of hydrogen-bond acceptors (Lipinski definition) is 2. The molecule has 15 heavy (non-hydrogen) atoms. The SMILES string of the molecule is Nc1ccc(NCC2CCCC2)c(Cl)c1. The summed E-state index contributed by atoms with van der Waals surface area (Å²) in [6.45, 7) is 1.03. The van der Waals surface area contributed by atoms with E-state index in [1.165, 1.54) is 25.7 Å². The van der Waals surface area contributed by atoms with E-state index in [2.05, 4.69) is 5.32 Å². The van der Waals surface area contributed by atoms with Gasteiger partial charge in [-0.15, -0.1) is 0 Å². The van der Waals surface area contributed by atoms with Gasteiger partial charge in [-0.2, -0.15) is 0 Å². The highest BCUT2D eigenvalue weighted by Gasteiger charge is 2.14. The quantitative estimate of drug-likeness (QED) is 0.771. The lowest BCUT2D eigenvalue weighted by atomic mass is 10.1. The first-order valence-corrected chi connectivity index (χ1v) is 5.92. The molecule has 0 heterocycles. The maximum atomic E-state index is 6.07. The topological polar surface area (TPSA) is 38.0 Å². The van der Waals surface area contributed by atoms with Crippen LogP contribution in [0.15, 0.2) is 18.2 Å². The van der Waals surface area contributed by atoms with Gasteiger partial charge in [-0.25, -0.2) is 0 Å². The largest absolute Gasteiger partial charge is 0.399 e. The number of anilines is 2. The molecule has 2 nitrogen and oxygen atoms in total. The summed E-state index contributed by atoms with van der Waals surface area (Å²) < 4.78 is 0. The second-order valence-electron chi connectivity index (χ2n) is 4.27. The Morgan fingerprint density at radius 2 is 2.07 bits per heavy atom. The molecule has 0 unspecified atom stereocenters. The molecule has 0 aliphatic heterocycles. The Balaban J connectivity index is 1.92. The van der Waals surface area contributed by atoms with Crippen LogP contribution in [-0.4, -0.2) is 6.54 Å². The maximum absolute atomic E-state index is 6.07. The Hall–Kier alpha value is -0.890. The Kier molecular flexibility index (Phi) is 3.37. The van der Waals surface area contributed by atoms with Crippen LogP contribution in [0.3, 0.4) is 0 Å². The van der Waals surface area contributed by atoms with Crippen LogP contribution in [0.2, 0.25) is 5.02 Å². The van der Waals surface area contributed by atoms with Crippen molar-refractivity contribution in [2.75, 3.05) is 17.6 Å². The second-order valence-corrected chi connectivity index (χ2v) is 4.68. The Bertz CT molecular complexity index is 332. The van der Waals surface area contributed by atoms with Gasteiger partial charge in [0, 0.05) is 12.2 Å². The van der Waals surface area contributed by atoms with Crippen LogP contribution in [-0.2, 0) is 0 Å². The van der Waals surface area contributed by atoms with E-state index in [4.69, 9.17) is 17.3 Å². The van der Waals surface area contributed by atoms with Crippen LogP contribution in [0, 0.1) is 5.92 Å². The van der Waals surface area contributed by atoms with Crippen molar-refractivity contribution in [1.82, 2.24) is 0 Å². The van der Waals surface area contributed by atoms with Crippen molar-refractivity contribution in [3.05, 3.63) is 23.2 Å². The van der Waals surface area contributed by atoms with E-state index >= 15 is 0 Å². The standard InChI is InChI=1S/C12H17ClN2/c13-11-7-10(14)5-6-12(11)15-8-9-3-1-2-4-9/h5-7,9,15H,1-4,8,14H2. The lowest BCUT2D eigenvalue weighted by Gasteiger charge is -2.13. The third kappa shape index (κ3) is 2.78. The molecule has 1 fully saturated rings. The number of nitrogens with one attached hydrogen (secondary N) is 1. The fourth-order valence-corrected chi connectivity index (χ4v) is 2.40. The van der Waals surface area contributed by atoms with E-state index in [-0.39, 0.29) is 0 Å². The monoisotopic (exact) mass is 224 g/mol. The molecule has 1 saturated carbocycles. The van der Waals surface area contributed by atoms with Gasteiger partial charge in [0.2, 0.25) is 0 Å². The first kappa shape index (κ1) is 10.6. The molecule has 0 amide bonds. The van der Waals surface area contributed by atoms with Crippen LogP contribution < -0.4 is 11.1 Å². The van der Waals surface area contributed by atoms with Crippen LogP contribution in [0.1, 0.15) is 25.7 Å². The van der Waals surface area contributed by atoms with Crippen molar-refractivity contribution < 1.29 is 0 Å². The second kappa shape index (κ2) is 4.75. The minimum atomic E-state index is 0.714. The van der Waals surface area contributed by atoms with Crippen LogP contribution in [0.5, 0.6) is 0 Å². The molecular formula is C12H17ClN2. The zero-order valence-electron chi connectivity index (χ0n) is 8.80. The molecule has 0 spiro atoms. The zero-order chi connectivity index (χ0) is 10.7. The number of nitrogens with two attached hydrogens (primary N) is 1. The predicted octanol–water partition coefficient (Wildman–Crippen LogP) is 3.52. The van der Waals surface area contributed by atoms with Crippen LogP contribution in [0.4, 0.5) is 11.4 Å². The first-order valence-electron chi connectivity index (χ1n) is 5.54. The lowest BCUT2D eigenvalue weighted by Crippen LogP contribution is -2.11. The molecule has 1 aromatic carbocycles. The third-order valence-corrected chi connectivity index (χ3v) is 3.36. The third-order valence-electron chi connectivity index (χ3n) is 3.05. The van der Waals surface area contributed by atoms with Gasteiger partial charge in [0.05, 0.1) is 10.7 Å². The van der Waals surface area contributed by atoms with Crippen molar-refractivity contribution in [1.29, 1.82) is 0 Å². The highest BCUT2D eigenvalue weighted by molar-refractivity contribution is 6.33. The number of nitrogen functional groups attached to an aromatic ring is 1. The summed E-state index contributed by atoms with van der Waals surface area (Å²) >= 11 is 6.07. The summed E-state index contributed by atoms with van der Waals surface area (Å²) in [4.78, 5) is 0. The Morgan fingerprint density at radius 3 is 2.73 bits per heavy atom. The summed E-state index contributed by atoms with van der Waals surface area (Å²) in [6.07, 6.45) is 5.45. The molecule has 1 aliphatic carbocycles. The number of rotatable bonds is 3. The van der Waals surface area contributed by atoms with Crippen LogP contribution in [0.25, 0.3) is 0 Å². The van der Waals surface area contributed by atoms with E-state index in [9.17, 15) is 0 Å². The molecule has 3 heteroatoms. The van der Waals surface area contributed by atoms with Gasteiger partial charge in [0.25, 0.3) is 0 Å². The van der Waals surface area contributed by atoms with Crippen molar-refractivity contribution >= 4 is 23.0 Å². The minimum Gasteiger partial charge on any atom is -0.399 e. The van der Waals surface area contributed by atoms with Crippen molar-refractivity contribution in [3.8, 4) is 0 Å². The normalized spacial score (nSPS) is 16.9. The predicted molar refractivity (Wildman–Crippen MR) is 66.3 cm³/mol. The maximum Gasteiger partial charge on any atom is 0.0657 e. The van der Waals surface area contributed by atoms with Crippen molar-refractivity contribution in [2.45, 2.75) is 25.7 Å². The fraction of sp³-hybridized carbons (Fsp3) is 0.500. The number of benzene rings is 1. The van der Waals surface area contributed by atoms with Gasteiger partial charge in [-0.1, -0.05) is 24.4 Å². The van der Waals surface area contributed by atoms with E-state index < -0.39 is 0 Å². The van der Waals surface area contributed by atoms with Gasteiger partial charge < -0.3 is 11.1 Å². The highest BCUT2D eigenvalue weighted by Crippen LogP contribution is 2.28. The molecule has 2 rings (SSSR count). The molecule has 0 saturated heterocycles. The summed E-state index contributed by atoms with van der Waals surface area (Å²) in [5.41, 5.74) is 7.35. The summed E-state index contributed by atoms with van der Waals surface area (Å²) in [6, 6.07) is 5.62. The van der Waals surface area contributed by atoms with Gasteiger partial charge in [-0.3, -0.25) is 0 Å². The zero-order valence-corrected chi connectivity index (χ0v) is 9.56. The van der Waals surface area contributed by atoms with Gasteiger partial charge in [-0.05, 0) is 37.0 Å². The van der Waals surface area contributed by atoms with Crippen molar-refractivity contribution in [3.63, 3.8) is 0 Å². The molecule has 0 radical (unpaired) electrons. The molecular weight excluding hydrogens is 208 g/mol. The van der Waals surface area contributed by atoms with E-state index in [1.54, 1.807) is 6.07 Å². The molecule has 82 valence electrons. The van der Waals surface area contributed by atoms with Crippen molar-refractivity contribution in [2.24, 2.45) is 5.92 Å². The lowest BCUT2D eigenvalue weighted by molar-refractivity contribution is 0.580. The highest BCUT2D eigenvalue weighted by atomic mass is 35.5. The smallest absolute Gasteiger partial charge is 0.0657 e. The average molecular weight is 225 g/mol. The minimum absolute atomic E-state index is 0.714. The fourth-order valence-electron chi connectivity index (χ4n) is 2.14. The number of hydrogen-bond donors (Lipinski definition) is 2. The summed E-state index contributed by atoms with van der Waals surface area (Å²) in [5.74, 6) is 0.818. The average Bonchev–Trinajstić information content (AvgIpc) is 2.69. The van der Waals surface area contributed by atoms with E-state index in [1.807, 2.05) is 12.1 Å². The van der Waals surface area contributed by atoms with E-state index in [0.29, 0.717) is 10.7 Å². The molecule has 0 aromatic heterocycles. The van der Waals surface area contributed by atoms with Crippen LogP contribution >= 0.6 is 11.6 Å². The first-order chi connectivity index (χ1) is 7.25.